The molecule has 4 rings (SSSR count). The van der Waals surface area contributed by atoms with Gasteiger partial charge in [-0.1, -0.05) is 25.5 Å². The van der Waals surface area contributed by atoms with Gasteiger partial charge in [0.1, 0.15) is 5.92 Å². The molecule has 40 heavy (non-hydrogen) atoms. The van der Waals surface area contributed by atoms with Crippen LogP contribution in [0.3, 0.4) is 0 Å². The number of unbranched alkanes of at least 4 members (excludes halogenated alkanes) is 1. The Bertz CT molecular complexity index is 1310. The summed E-state index contributed by atoms with van der Waals surface area (Å²) < 4.78 is 27.9. The number of benzene rings is 2. The van der Waals surface area contributed by atoms with Gasteiger partial charge in [-0.3, -0.25) is 14.6 Å². The number of esters is 1. The van der Waals surface area contributed by atoms with E-state index in [4.69, 9.17) is 28.7 Å². The summed E-state index contributed by atoms with van der Waals surface area (Å²) in [6, 6.07) is 11.3. The highest BCUT2D eigenvalue weighted by Gasteiger charge is 2.45. The van der Waals surface area contributed by atoms with Crippen molar-refractivity contribution in [2.75, 3.05) is 34.5 Å². The summed E-state index contributed by atoms with van der Waals surface area (Å²) in [6.07, 6.45) is 2.55. The number of carbonyl (C=O) groups excluding carboxylic acids is 2. The third kappa shape index (κ3) is 5.86. The number of ether oxygens (including phenoxy) is 5. The van der Waals surface area contributed by atoms with Gasteiger partial charge in [0.2, 0.25) is 0 Å². The van der Waals surface area contributed by atoms with E-state index in [0.717, 1.165) is 24.0 Å². The van der Waals surface area contributed by atoms with Gasteiger partial charge in [-0.25, -0.2) is 0 Å². The van der Waals surface area contributed by atoms with E-state index in [0.29, 0.717) is 66.0 Å². The van der Waals surface area contributed by atoms with Crippen molar-refractivity contribution in [2.45, 2.75) is 58.3 Å². The largest absolute Gasteiger partial charge is 0.493 e. The third-order valence-electron chi connectivity index (χ3n) is 7.61. The van der Waals surface area contributed by atoms with Crippen LogP contribution in [0.5, 0.6) is 23.0 Å². The molecule has 8 heteroatoms. The number of methoxy groups -OCH3 is 3. The van der Waals surface area contributed by atoms with Gasteiger partial charge >= 0.3 is 5.97 Å². The van der Waals surface area contributed by atoms with Gasteiger partial charge in [0.05, 0.1) is 34.5 Å². The van der Waals surface area contributed by atoms with Crippen LogP contribution >= 0.6 is 0 Å². The first kappa shape index (κ1) is 29.2. The van der Waals surface area contributed by atoms with Gasteiger partial charge < -0.3 is 23.7 Å². The lowest BCUT2D eigenvalue weighted by atomic mass is 9.69. The van der Waals surface area contributed by atoms with Crippen LogP contribution in [0.4, 0.5) is 0 Å². The van der Waals surface area contributed by atoms with Gasteiger partial charge in [-0.15, -0.1) is 0 Å². The van der Waals surface area contributed by atoms with E-state index in [-0.39, 0.29) is 17.7 Å². The van der Waals surface area contributed by atoms with Crippen molar-refractivity contribution in [3.05, 3.63) is 58.8 Å². The monoisotopic (exact) mass is 549 g/mol. The molecule has 1 heterocycles. The first-order valence-corrected chi connectivity index (χ1v) is 13.9. The SMILES string of the molecule is CCCCOC(=O)C1C(C)=NC2=C(C(=O)C[C@@H](c3ccc(OC)c(OC)c3)C2)[C@@H]1c1ccc(OCC)c(OC)c1. The van der Waals surface area contributed by atoms with Gasteiger partial charge in [0, 0.05) is 29.3 Å². The molecule has 1 aliphatic heterocycles. The smallest absolute Gasteiger partial charge is 0.315 e. The highest BCUT2D eigenvalue weighted by Crippen LogP contribution is 2.48. The van der Waals surface area contributed by atoms with Crippen molar-refractivity contribution in [3.63, 3.8) is 0 Å². The molecule has 0 radical (unpaired) electrons. The second-order valence-electron chi connectivity index (χ2n) is 10.1. The molecule has 0 amide bonds. The highest BCUT2D eigenvalue weighted by atomic mass is 16.5. The minimum atomic E-state index is -0.708. The fraction of sp³-hybridized carbons (Fsp3) is 0.469. The fourth-order valence-electron chi connectivity index (χ4n) is 5.63. The second kappa shape index (κ2) is 13.0. The van der Waals surface area contributed by atoms with E-state index < -0.39 is 11.8 Å². The zero-order valence-corrected chi connectivity index (χ0v) is 24.2. The van der Waals surface area contributed by atoms with Gasteiger partial charge in [0.25, 0.3) is 0 Å². The topological polar surface area (TPSA) is 92.7 Å². The Kier molecular flexibility index (Phi) is 9.50. The number of hydrogen-bond donors (Lipinski definition) is 0. The second-order valence-corrected chi connectivity index (χ2v) is 10.1. The molecule has 0 spiro atoms. The quantitative estimate of drug-likeness (QED) is 0.250. The van der Waals surface area contributed by atoms with Crippen LogP contribution in [0.15, 0.2) is 52.7 Å². The number of hydrogen-bond acceptors (Lipinski definition) is 8. The third-order valence-corrected chi connectivity index (χ3v) is 7.61. The summed E-state index contributed by atoms with van der Waals surface area (Å²) in [5.41, 5.74) is 3.69. The molecule has 0 bridgehead atoms. The van der Waals surface area contributed by atoms with E-state index >= 15 is 0 Å². The zero-order valence-electron chi connectivity index (χ0n) is 24.2. The summed E-state index contributed by atoms with van der Waals surface area (Å²) >= 11 is 0. The van der Waals surface area contributed by atoms with Gasteiger partial charge in [-0.05, 0) is 68.0 Å². The molecular formula is C32H39NO7. The Morgan fingerprint density at radius 2 is 1.55 bits per heavy atom. The van der Waals surface area contributed by atoms with Crippen LogP contribution in [0, 0.1) is 5.92 Å². The Morgan fingerprint density at radius 3 is 2.23 bits per heavy atom. The lowest BCUT2D eigenvalue weighted by Crippen LogP contribution is -2.38. The highest BCUT2D eigenvalue weighted by molar-refractivity contribution is 6.09. The van der Waals surface area contributed by atoms with E-state index in [2.05, 4.69) is 0 Å². The first-order valence-electron chi connectivity index (χ1n) is 13.9. The molecule has 214 valence electrons. The molecule has 2 aromatic rings. The lowest BCUT2D eigenvalue weighted by molar-refractivity contribution is -0.146. The average molecular weight is 550 g/mol. The molecule has 8 nitrogen and oxygen atoms in total. The zero-order chi connectivity index (χ0) is 28.8. The molecule has 2 aliphatic rings. The van der Waals surface area contributed by atoms with Crippen molar-refractivity contribution in [2.24, 2.45) is 10.9 Å². The summed E-state index contributed by atoms with van der Waals surface area (Å²) in [6.45, 7) is 6.62. The van der Waals surface area contributed by atoms with Crippen LogP contribution in [0.25, 0.3) is 0 Å². The number of nitrogens with zero attached hydrogens (tertiary/aromatic N) is 1. The normalized spacial score (nSPS) is 20.4. The number of aliphatic imine (C=N–C) groups is 1. The molecule has 0 saturated heterocycles. The molecule has 2 aromatic carbocycles. The summed E-state index contributed by atoms with van der Waals surface area (Å²) in [5, 5.41) is 0. The maximum absolute atomic E-state index is 13.9. The molecule has 0 aromatic heterocycles. The molecule has 0 N–H and O–H groups in total. The molecule has 1 aliphatic carbocycles. The van der Waals surface area contributed by atoms with Crippen molar-refractivity contribution in [1.29, 1.82) is 0 Å². The molecule has 3 atom stereocenters. The number of ketones is 1. The van der Waals surface area contributed by atoms with Crippen molar-refractivity contribution in [1.82, 2.24) is 0 Å². The Labute approximate surface area is 236 Å². The molecule has 1 unspecified atom stereocenters. The van der Waals surface area contributed by atoms with Crippen LogP contribution in [0.1, 0.15) is 69.4 Å². The summed E-state index contributed by atoms with van der Waals surface area (Å²) in [7, 11) is 4.77. The minimum Gasteiger partial charge on any atom is -0.493 e. The molecule has 0 fully saturated rings. The van der Waals surface area contributed by atoms with Crippen molar-refractivity contribution < 1.29 is 33.3 Å². The van der Waals surface area contributed by atoms with Crippen LogP contribution in [-0.2, 0) is 14.3 Å². The van der Waals surface area contributed by atoms with Crippen LogP contribution in [0.2, 0.25) is 0 Å². The number of carbonyl (C=O) groups is 2. The number of allylic oxidation sites excluding steroid dienone is 2. The molecule has 0 saturated carbocycles. The minimum absolute atomic E-state index is 0.0264. The Morgan fingerprint density at radius 1 is 0.900 bits per heavy atom. The average Bonchev–Trinajstić information content (AvgIpc) is 2.96. The van der Waals surface area contributed by atoms with Crippen molar-refractivity contribution >= 4 is 17.5 Å². The Hall–Kier alpha value is -3.81. The predicted molar refractivity (Wildman–Crippen MR) is 153 cm³/mol. The van der Waals surface area contributed by atoms with Gasteiger partial charge in [-0.2, -0.15) is 0 Å². The van der Waals surface area contributed by atoms with E-state index in [9.17, 15) is 9.59 Å². The number of Topliss-reactive ketones (excluding diaryl/α,β-unsaturated/α-hetero) is 1. The maximum Gasteiger partial charge on any atom is 0.315 e. The molecular weight excluding hydrogens is 510 g/mol. The lowest BCUT2D eigenvalue weighted by Gasteiger charge is -2.36. The van der Waals surface area contributed by atoms with E-state index in [1.807, 2.05) is 57.2 Å². The van der Waals surface area contributed by atoms with E-state index in [1.54, 1.807) is 21.3 Å². The maximum atomic E-state index is 13.9. The standard InChI is InChI=1S/C32H39NO7/c1-7-9-14-40-32(35)29-19(3)33-23-15-22(20-10-12-25(36-4)27(17-20)37-5)16-24(34)31(23)30(29)21-11-13-26(39-8-2)28(18-21)38-6/h10-13,17-18,22,29-30H,7-9,14-16H2,1-6H3/t22-,29?,30+/m0/s1. The fourth-order valence-corrected chi connectivity index (χ4v) is 5.63. The van der Waals surface area contributed by atoms with E-state index in [1.165, 1.54) is 0 Å². The van der Waals surface area contributed by atoms with Crippen LogP contribution < -0.4 is 18.9 Å². The van der Waals surface area contributed by atoms with Gasteiger partial charge in [0.15, 0.2) is 28.8 Å². The Balaban J connectivity index is 1.78. The summed E-state index contributed by atoms with van der Waals surface area (Å²) in [4.78, 5) is 32.3. The first-order chi connectivity index (χ1) is 19.4. The van der Waals surface area contributed by atoms with Crippen molar-refractivity contribution in [3.8, 4) is 23.0 Å². The predicted octanol–water partition coefficient (Wildman–Crippen LogP) is 6.03. The summed E-state index contributed by atoms with van der Waals surface area (Å²) in [5.74, 6) is 0.686. The number of rotatable bonds is 11. The van der Waals surface area contributed by atoms with Crippen LogP contribution in [-0.4, -0.2) is 52.0 Å².